The summed E-state index contributed by atoms with van der Waals surface area (Å²) in [5.41, 5.74) is 10.1. The molecule has 4 heterocycles. The highest BCUT2D eigenvalue weighted by Crippen LogP contribution is 2.30. The molecule has 1 aliphatic rings. The molecule has 1 saturated heterocycles. The highest BCUT2D eigenvalue weighted by atomic mass is 16.2. The van der Waals surface area contributed by atoms with Gasteiger partial charge in [0.25, 0.3) is 0 Å². The van der Waals surface area contributed by atoms with Crippen LogP contribution in [0.3, 0.4) is 0 Å². The van der Waals surface area contributed by atoms with Crippen molar-refractivity contribution in [3.8, 4) is 34.4 Å². The maximum absolute atomic E-state index is 12.1. The fourth-order valence-corrected chi connectivity index (χ4v) is 3.67. The number of anilines is 1. The molecule has 3 N–H and O–H groups in total. The van der Waals surface area contributed by atoms with Gasteiger partial charge in [-0.15, -0.1) is 0 Å². The predicted molar refractivity (Wildman–Crippen MR) is 117 cm³/mol. The van der Waals surface area contributed by atoms with Crippen LogP contribution in [0, 0.1) is 17.8 Å². The van der Waals surface area contributed by atoms with Gasteiger partial charge in [-0.25, -0.2) is 15.0 Å². The van der Waals surface area contributed by atoms with E-state index in [1.165, 1.54) is 0 Å². The number of pyridine rings is 1. The first-order valence-corrected chi connectivity index (χ1v) is 9.87. The number of nitrogen functional groups attached to an aromatic ring is 1. The molecular weight excluding hydrogens is 390 g/mol. The van der Waals surface area contributed by atoms with Gasteiger partial charge in [0.2, 0.25) is 5.91 Å². The number of aromatic nitrogens is 5. The molecule has 0 bridgehead atoms. The third-order valence-electron chi connectivity index (χ3n) is 5.40. The largest absolute Gasteiger partial charge is 0.382 e. The van der Waals surface area contributed by atoms with E-state index in [-0.39, 0.29) is 11.8 Å². The number of fused-ring (bicyclic) bond motifs is 1. The molecule has 0 spiro atoms. The summed E-state index contributed by atoms with van der Waals surface area (Å²) in [4.78, 5) is 27.3. The van der Waals surface area contributed by atoms with E-state index >= 15 is 0 Å². The van der Waals surface area contributed by atoms with Gasteiger partial charge in [0.1, 0.15) is 17.3 Å². The molecule has 0 unspecified atom stereocenters. The van der Waals surface area contributed by atoms with Gasteiger partial charge in [-0.2, -0.15) is 5.10 Å². The van der Waals surface area contributed by atoms with Gasteiger partial charge in [-0.1, -0.05) is 24.0 Å². The zero-order valence-corrected chi connectivity index (χ0v) is 16.8. The SMILES string of the molecule is CN1CC[C@@H](C#Cc2cccc(-c3ncc4c(-c5cn[nH]c5)cnc(N)c4n3)c2)C1=O. The molecule has 1 fully saturated rings. The van der Waals surface area contributed by atoms with Crippen LogP contribution in [0.15, 0.2) is 49.1 Å². The molecule has 152 valence electrons. The number of nitrogens with one attached hydrogen (secondary N) is 1. The Labute approximate surface area is 178 Å². The van der Waals surface area contributed by atoms with Crippen molar-refractivity contribution in [1.82, 2.24) is 30.0 Å². The average molecular weight is 409 g/mol. The van der Waals surface area contributed by atoms with E-state index in [0.29, 0.717) is 17.2 Å². The summed E-state index contributed by atoms with van der Waals surface area (Å²) in [6.45, 7) is 0.749. The number of carbonyl (C=O) groups excluding carboxylic acids is 1. The Hall–Kier alpha value is -4.25. The van der Waals surface area contributed by atoms with Crippen LogP contribution in [0.25, 0.3) is 33.4 Å². The van der Waals surface area contributed by atoms with Gasteiger partial charge in [-0.05, 0) is 18.6 Å². The minimum atomic E-state index is -0.238. The third-order valence-corrected chi connectivity index (χ3v) is 5.40. The molecular formula is C23H19N7O. The minimum absolute atomic E-state index is 0.0814. The van der Waals surface area contributed by atoms with Gasteiger partial charge < -0.3 is 10.6 Å². The number of rotatable bonds is 2. The molecule has 1 amide bonds. The Kier molecular flexibility index (Phi) is 4.56. The summed E-state index contributed by atoms with van der Waals surface area (Å²) in [5, 5.41) is 7.60. The van der Waals surface area contributed by atoms with E-state index in [0.717, 1.165) is 40.6 Å². The van der Waals surface area contributed by atoms with Gasteiger partial charge in [0.05, 0.1) is 6.20 Å². The lowest BCUT2D eigenvalue weighted by molar-refractivity contribution is -0.128. The number of benzene rings is 1. The Morgan fingerprint density at radius 3 is 2.87 bits per heavy atom. The van der Waals surface area contributed by atoms with E-state index in [1.54, 1.807) is 36.7 Å². The van der Waals surface area contributed by atoms with Crippen molar-refractivity contribution in [3.05, 3.63) is 54.6 Å². The van der Waals surface area contributed by atoms with Crippen molar-refractivity contribution in [2.24, 2.45) is 5.92 Å². The summed E-state index contributed by atoms with van der Waals surface area (Å²) >= 11 is 0. The molecule has 1 aromatic carbocycles. The first kappa shape index (κ1) is 18.8. The lowest BCUT2D eigenvalue weighted by Gasteiger charge is -2.08. The van der Waals surface area contributed by atoms with Crippen molar-refractivity contribution < 1.29 is 4.79 Å². The van der Waals surface area contributed by atoms with Gasteiger partial charge in [0.15, 0.2) is 5.82 Å². The summed E-state index contributed by atoms with van der Waals surface area (Å²) in [7, 11) is 1.81. The summed E-state index contributed by atoms with van der Waals surface area (Å²) in [5.74, 6) is 6.94. The number of hydrogen-bond acceptors (Lipinski definition) is 6. The van der Waals surface area contributed by atoms with E-state index in [4.69, 9.17) is 5.73 Å². The zero-order chi connectivity index (χ0) is 21.4. The highest BCUT2D eigenvalue weighted by molar-refractivity contribution is 5.98. The molecule has 0 aliphatic carbocycles. The number of hydrogen-bond donors (Lipinski definition) is 2. The second-order valence-corrected chi connectivity index (χ2v) is 7.45. The molecule has 0 saturated carbocycles. The van der Waals surface area contributed by atoms with Crippen LogP contribution in [0.1, 0.15) is 12.0 Å². The topological polar surface area (TPSA) is 114 Å². The van der Waals surface area contributed by atoms with Crippen LogP contribution in [-0.4, -0.2) is 49.5 Å². The molecule has 8 heteroatoms. The number of carbonyl (C=O) groups is 1. The van der Waals surface area contributed by atoms with Crippen LogP contribution in [-0.2, 0) is 4.79 Å². The van der Waals surface area contributed by atoms with Crippen LogP contribution < -0.4 is 5.73 Å². The quantitative estimate of drug-likeness (QED) is 0.492. The number of aromatic amines is 1. The predicted octanol–water partition coefficient (Wildman–Crippen LogP) is 2.49. The normalized spacial score (nSPS) is 15.8. The Morgan fingerprint density at radius 1 is 1.19 bits per heavy atom. The Morgan fingerprint density at radius 2 is 2.10 bits per heavy atom. The number of nitrogens with two attached hydrogens (primary N) is 1. The number of nitrogens with zero attached hydrogens (tertiary/aromatic N) is 5. The molecule has 8 nitrogen and oxygen atoms in total. The van der Waals surface area contributed by atoms with Gasteiger partial charge >= 0.3 is 0 Å². The van der Waals surface area contributed by atoms with Crippen molar-refractivity contribution in [1.29, 1.82) is 0 Å². The van der Waals surface area contributed by atoms with Crippen molar-refractivity contribution in [2.45, 2.75) is 6.42 Å². The molecule has 1 aliphatic heterocycles. The van der Waals surface area contributed by atoms with Crippen LogP contribution >= 0.6 is 0 Å². The molecule has 0 radical (unpaired) electrons. The molecule has 4 aromatic rings. The molecule has 5 rings (SSSR count). The van der Waals surface area contributed by atoms with Crippen molar-refractivity contribution in [2.75, 3.05) is 19.3 Å². The molecule has 3 aromatic heterocycles. The summed E-state index contributed by atoms with van der Waals surface area (Å²) < 4.78 is 0. The summed E-state index contributed by atoms with van der Waals surface area (Å²) in [6.07, 6.45) is 7.72. The highest BCUT2D eigenvalue weighted by Gasteiger charge is 2.27. The fraction of sp³-hybridized carbons (Fsp3) is 0.174. The summed E-state index contributed by atoms with van der Waals surface area (Å²) in [6, 6.07) is 7.65. The first-order valence-electron chi connectivity index (χ1n) is 9.87. The second kappa shape index (κ2) is 7.54. The fourth-order valence-electron chi connectivity index (χ4n) is 3.67. The number of likely N-dealkylation sites (tertiary alicyclic amines) is 1. The monoisotopic (exact) mass is 409 g/mol. The number of H-pyrrole nitrogens is 1. The lowest BCUT2D eigenvalue weighted by Crippen LogP contribution is -2.21. The van der Waals surface area contributed by atoms with Gasteiger partial charge in [0, 0.05) is 59.8 Å². The molecule has 31 heavy (non-hydrogen) atoms. The maximum Gasteiger partial charge on any atom is 0.237 e. The third kappa shape index (κ3) is 3.46. The molecule has 1 atom stereocenters. The van der Waals surface area contributed by atoms with E-state index in [1.807, 2.05) is 24.3 Å². The maximum atomic E-state index is 12.1. The second-order valence-electron chi connectivity index (χ2n) is 7.45. The van der Waals surface area contributed by atoms with E-state index in [2.05, 4.69) is 37.0 Å². The first-order chi connectivity index (χ1) is 15.1. The minimum Gasteiger partial charge on any atom is -0.382 e. The van der Waals surface area contributed by atoms with E-state index in [9.17, 15) is 4.79 Å². The van der Waals surface area contributed by atoms with Gasteiger partial charge in [-0.3, -0.25) is 9.89 Å². The Balaban J connectivity index is 1.51. The van der Waals surface area contributed by atoms with Crippen LogP contribution in [0.5, 0.6) is 0 Å². The smallest absolute Gasteiger partial charge is 0.237 e. The van der Waals surface area contributed by atoms with Crippen LogP contribution in [0.4, 0.5) is 5.82 Å². The van der Waals surface area contributed by atoms with Crippen molar-refractivity contribution in [3.63, 3.8) is 0 Å². The average Bonchev–Trinajstić information content (AvgIpc) is 3.44. The lowest BCUT2D eigenvalue weighted by atomic mass is 10.1. The van der Waals surface area contributed by atoms with E-state index < -0.39 is 0 Å². The van der Waals surface area contributed by atoms with Crippen molar-refractivity contribution >= 4 is 22.6 Å². The van der Waals surface area contributed by atoms with Crippen LogP contribution in [0.2, 0.25) is 0 Å². The standard InChI is InChI=1S/C23H19N7O/c1-30-8-7-15(23(30)31)6-5-14-3-2-4-16(9-14)22-26-13-19-18(17-10-27-28-11-17)12-25-21(24)20(19)29-22/h2-4,9-13,15H,7-8H2,1H3,(H2,24,25)(H,27,28)/t15-/m1/s1. The zero-order valence-electron chi connectivity index (χ0n) is 16.8. The number of amides is 1. The Bertz CT molecular complexity index is 1350.